The molecule has 2 aliphatic rings. The van der Waals surface area contributed by atoms with Crippen molar-refractivity contribution < 1.29 is 19.1 Å². The van der Waals surface area contributed by atoms with Crippen molar-refractivity contribution in [2.75, 3.05) is 19.9 Å². The largest absolute Gasteiger partial charge is 0.454 e. The minimum atomic E-state index is -0.120. The number of fused-ring (bicyclic) bond motifs is 2. The Balaban J connectivity index is 1.34. The van der Waals surface area contributed by atoms with Crippen molar-refractivity contribution in [3.05, 3.63) is 59.8 Å². The highest BCUT2D eigenvalue weighted by molar-refractivity contribution is 5.99. The maximum Gasteiger partial charge on any atom is 0.270 e. The van der Waals surface area contributed by atoms with Gasteiger partial charge in [-0.25, -0.2) is 0 Å². The fraction of sp³-hybridized carbons (Fsp3) is 0.304. The van der Waals surface area contributed by atoms with Crippen LogP contribution in [0.3, 0.4) is 0 Å². The molecule has 0 saturated carbocycles. The lowest BCUT2D eigenvalue weighted by Crippen LogP contribution is -2.60. The van der Waals surface area contributed by atoms with E-state index >= 15 is 0 Å². The van der Waals surface area contributed by atoms with Crippen molar-refractivity contribution in [1.82, 2.24) is 14.8 Å². The number of aromatic nitrogens is 1. The highest BCUT2D eigenvalue weighted by Gasteiger charge is 2.37. The maximum atomic E-state index is 13.2. The molecule has 1 saturated heterocycles. The van der Waals surface area contributed by atoms with Gasteiger partial charge >= 0.3 is 0 Å². The molecule has 1 N–H and O–H groups in total. The zero-order valence-electron chi connectivity index (χ0n) is 16.9. The SMILES string of the molecule is C[C@@H]1[C@H](C)N(C(=O)c2cc3ccccc3[nH]2)CCN1C(=O)c1ccc2c(c1)OCO2. The summed E-state index contributed by atoms with van der Waals surface area (Å²) in [6.45, 7) is 5.11. The third-order valence-electron chi connectivity index (χ3n) is 6.16. The summed E-state index contributed by atoms with van der Waals surface area (Å²) in [5.74, 6) is 1.14. The third-order valence-corrected chi connectivity index (χ3v) is 6.16. The normalized spacial score (nSPS) is 20.6. The van der Waals surface area contributed by atoms with E-state index in [0.29, 0.717) is 35.8 Å². The molecule has 5 rings (SSSR count). The summed E-state index contributed by atoms with van der Waals surface area (Å²) in [6, 6.07) is 14.7. The van der Waals surface area contributed by atoms with Crippen molar-refractivity contribution in [3.8, 4) is 11.5 Å². The van der Waals surface area contributed by atoms with E-state index in [1.807, 2.05) is 54.0 Å². The van der Waals surface area contributed by atoms with Crippen molar-refractivity contribution in [2.45, 2.75) is 25.9 Å². The van der Waals surface area contributed by atoms with Crippen LogP contribution in [-0.2, 0) is 0 Å². The molecule has 0 unspecified atom stereocenters. The van der Waals surface area contributed by atoms with Crippen LogP contribution >= 0.6 is 0 Å². The zero-order chi connectivity index (χ0) is 20.8. The monoisotopic (exact) mass is 405 g/mol. The highest BCUT2D eigenvalue weighted by atomic mass is 16.7. The molecule has 3 aromatic rings. The molecule has 30 heavy (non-hydrogen) atoms. The van der Waals surface area contributed by atoms with Crippen LogP contribution in [-0.4, -0.2) is 58.6 Å². The number of carbonyl (C=O) groups excluding carboxylic acids is 2. The van der Waals surface area contributed by atoms with Crippen LogP contribution < -0.4 is 9.47 Å². The van der Waals surface area contributed by atoms with Gasteiger partial charge in [0.05, 0.1) is 0 Å². The molecule has 2 aliphatic heterocycles. The molecule has 2 atom stereocenters. The number of ether oxygens (including phenoxy) is 2. The van der Waals surface area contributed by atoms with Crippen LogP contribution in [0.5, 0.6) is 11.5 Å². The molecule has 0 bridgehead atoms. The smallest absolute Gasteiger partial charge is 0.270 e. The van der Waals surface area contributed by atoms with Gasteiger partial charge in [0.1, 0.15) is 5.69 Å². The molecule has 0 radical (unpaired) electrons. The number of benzene rings is 2. The number of H-pyrrole nitrogens is 1. The number of piperazine rings is 1. The van der Waals surface area contributed by atoms with Crippen LogP contribution in [0.4, 0.5) is 0 Å². The second-order valence-corrected chi connectivity index (χ2v) is 7.82. The molecule has 0 spiro atoms. The minimum absolute atomic E-state index is 0.0410. The van der Waals surface area contributed by atoms with Crippen LogP contribution in [0.2, 0.25) is 0 Å². The van der Waals surface area contributed by atoms with E-state index in [4.69, 9.17) is 9.47 Å². The summed E-state index contributed by atoms with van der Waals surface area (Å²) in [5, 5.41) is 1.01. The van der Waals surface area contributed by atoms with E-state index in [2.05, 4.69) is 4.98 Å². The molecule has 1 fully saturated rings. The molecule has 7 nitrogen and oxygen atoms in total. The first kappa shape index (κ1) is 18.5. The average molecular weight is 405 g/mol. The van der Waals surface area contributed by atoms with Crippen molar-refractivity contribution in [1.29, 1.82) is 0 Å². The molecule has 7 heteroatoms. The van der Waals surface area contributed by atoms with Crippen molar-refractivity contribution in [3.63, 3.8) is 0 Å². The van der Waals surface area contributed by atoms with Gasteiger partial charge in [-0.15, -0.1) is 0 Å². The van der Waals surface area contributed by atoms with Gasteiger partial charge in [0.2, 0.25) is 6.79 Å². The zero-order valence-corrected chi connectivity index (χ0v) is 16.9. The lowest BCUT2D eigenvalue weighted by Gasteiger charge is -2.44. The van der Waals surface area contributed by atoms with Crippen molar-refractivity contribution >= 4 is 22.7 Å². The summed E-state index contributed by atoms with van der Waals surface area (Å²) < 4.78 is 10.7. The van der Waals surface area contributed by atoms with Gasteiger partial charge in [-0.2, -0.15) is 0 Å². The number of nitrogens with one attached hydrogen (secondary N) is 1. The second-order valence-electron chi connectivity index (χ2n) is 7.82. The van der Waals surface area contributed by atoms with Gasteiger partial charge in [-0.05, 0) is 44.2 Å². The minimum Gasteiger partial charge on any atom is -0.454 e. The van der Waals surface area contributed by atoms with Gasteiger partial charge < -0.3 is 24.3 Å². The summed E-state index contributed by atoms with van der Waals surface area (Å²) >= 11 is 0. The number of amides is 2. The molecule has 2 amide bonds. The average Bonchev–Trinajstić information content (AvgIpc) is 3.41. The number of rotatable bonds is 2. The Morgan fingerprint density at radius 2 is 1.60 bits per heavy atom. The van der Waals surface area contributed by atoms with E-state index in [-0.39, 0.29) is 30.7 Å². The summed E-state index contributed by atoms with van der Waals surface area (Å²) in [7, 11) is 0. The van der Waals surface area contributed by atoms with Crippen LogP contribution in [0.15, 0.2) is 48.5 Å². The molecule has 3 heterocycles. The third kappa shape index (κ3) is 2.98. The van der Waals surface area contributed by atoms with Gasteiger partial charge in [0, 0.05) is 41.6 Å². The Morgan fingerprint density at radius 1 is 0.900 bits per heavy atom. The Hall–Kier alpha value is -3.48. The Bertz CT molecular complexity index is 1110. The van der Waals surface area contributed by atoms with E-state index in [1.165, 1.54) is 0 Å². The van der Waals surface area contributed by atoms with Crippen LogP contribution in [0, 0.1) is 0 Å². The van der Waals surface area contributed by atoms with Gasteiger partial charge in [-0.1, -0.05) is 18.2 Å². The molecular formula is C23H23N3O4. The number of aromatic amines is 1. The van der Waals surface area contributed by atoms with Gasteiger partial charge in [-0.3, -0.25) is 9.59 Å². The summed E-state index contributed by atoms with van der Waals surface area (Å²) in [4.78, 5) is 33.2. The fourth-order valence-electron chi connectivity index (χ4n) is 4.26. The predicted molar refractivity (Wildman–Crippen MR) is 112 cm³/mol. The van der Waals surface area contributed by atoms with E-state index in [9.17, 15) is 9.59 Å². The number of carbonyl (C=O) groups is 2. The Labute approximate surface area is 174 Å². The molecule has 0 aliphatic carbocycles. The molecular weight excluding hydrogens is 382 g/mol. The quantitative estimate of drug-likeness (QED) is 0.710. The number of nitrogens with zero attached hydrogens (tertiary/aromatic N) is 2. The second kappa shape index (κ2) is 7.09. The fourth-order valence-corrected chi connectivity index (χ4v) is 4.26. The van der Waals surface area contributed by atoms with E-state index in [1.54, 1.807) is 18.2 Å². The topological polar surface area (TPSA) is 74.9 Å². The standard InChI is InChI=1S/C23H23N3O4/c1-14-15(2)26(23(28)19-11-16-5-3-4-6-18(16)24-19)10-9-25(14)22(27)17-7-8-20-21(12-17)30-13-29-20/h3-8,11-12,14-15,24H,9-10,13H2,1-2H3/t14-,15+/m1/s1. The first-order chi connectivity index (χ1) is 14.5. The van der Waals surface area contributed by atoms with Crippen LogP contribution in [0.25, 0.3) is 10.9 Å². The first-order valence-corrected chi connectivity index (χ1v) is 10.1. The molecule has 154 valence electrons. The van der Waals surface area contributed by atoms with Gasteiger partial charge in [0.25, 0.3) is 11.8 Å². The predicted octanol–water partition coefficient (Wildman–Crippen LogP) is 3.27. The Kier molecular flexibility index (Phi) is 4.38. The Morgan fingerprint density at radius 3 is 2.37 bits per heavy atom. The van der Waals surface area contributed by atoms with Gasteiger partial charge in [0.15, 0.2) is 11.5 Å². The molecule has 2 aromatic carbocycles. The van der Waals surface area contributed by atoms with Crippen LogP contribution in [0.1, 0.15) is 34.7 Å². The lowest BCUT2D eigenvalue weighted by atomic mass is 10.0. The summed E-state index contributed by atoms with van der Waals surface area (Å²) in [6.07, 6.45) is 0. The maximum absolute atomic E-state index is 13.2. The van der Waals surface area contributed by atoms with E-state index < -0.39 is 0 Å². The van der Waals surface area contributed by atoms with Crippen molar-refractivity contribution in [2.24, 2.45) is 0 Å². The number of para-hydroxylation sites is 1. The summed E-state index contributed by atoms with van der Waals surface area (Å²) in [5.41, 5.74) is 2.08. The number of hydrogen-bond acceptors (Lipinski definition) is 4. The highest BCUT2D eigenvalue weighted by Crippen LogP contribution is 2.33. The lowest BCUT2D eigenvalue weighted by molar-refractivity contribution is 0.0238. The molecule has 1 aromatic heterocycles. The number of hydrogen-bond donors (Lipinski definition) is 1. The van der Waals surface area contributed by atoms with E-state index in [0.717, 1.165) is 10.9 Å². The first-order valence-electron chi connectivity index (χ1n) is 10.1.